The highest BCUT2D eigenvalue weighted by Crippen LogP contribution is 2.61. The topological polar surface area (TPSA) is 43.7 Å². The first-order chi connectivity index (χ1) is 9.23. The number of aliphatic hydroxyl groups excluding tert-OH is 2. The summed E-state index contributed by atoms with van der Waals surface area (Å²) in [6.07, 6.45) is 10.2. The van der Waals surface area contributed by atoms with Gasteiger partial charge in [0.05, 0.1) is 13.2 Å². The predicted molar refractivity (Wildman–Crippen MR) is 75.8 cm³/mol. The lowest BCUT2D eigenvalue weighted by Crippen LogP contribution is -2.47. The molecule has 0 radical (unpaired) electrons. The van der Waals surface area contributed by atoms with Gasteiger partial charge >= 0.3 is 0 Å². The summed E-state index contributed by atoms with van der Waals surface area (Å²) in [4.78, 5) is 2.23. The molecule has 0 aromatic carbocycles. The van der Waals surface area contributed by atoms with Crippen LogP contribution < -0.4 is 0 Å². The zero-order valence-corrected chi connectivity index (χ0v) is 12.1. The van der Waals surface area contributed by atoms with Crippen molar-refractivity contribution in [3.63, 3.8) is 0 Å². The minimum absolute atomic E-state index is 0.209. The van der Waals surface area contributed by atoms with Gasteiger partial charge in [0, 0.05) is 13.1 Å². The van der Waals surface area contributed by atoms with Crippen LogP contribution in [0.4, 0.5) is 0 Å². The van der Waals surface area contributed by atoms with Gasteiger partial charge in [-0.25, -0.2) is 0 Å². The maximum absolute atomic E-state index is 9.10. The van der Waals surface area contributed by atoms with E-state index in [2.05, 4.69) is 4.90 Å². The minimum atomic E-state index is 0.209. The minimum Gasteiger partial charge on any atom is -0.395 e. The third kappa shape index (κ3) is 2.98. The van der Waals surface area contributed by atoms with Gasteiger partial charge in [0.15, 0.2) is 0 Å². The van der Waals surface area contributed by atoms with Gasteiger partial charge in [-0.15, -0.1) is 0 Å². The Kier molecular flexibility index (Phi) is 4.16. The Labute approximate surface area is 117 Å². The molecule has 0 aliphatic heterocycles. The number of hydrogen-bond acceptors (Lipinski definition) is 3. The van der Waals surface area contributed by atoms with Crippen molar-refractivity contribution in [2.45, 2.75) is 44.9 Å². The van der Waals surface area contributed by atoms with Gasteiger partial charge in [-0.3, -0.25) is 4.90 Å². The molecule has 4 aliphatic rings. The Balaban J connectivity index is 1.56. The molecule has 0 unspecified atom stereocenters. The summed E-state index contributed by atoms with van der Waals surface area (Å²) in [6, 6.07) is 0. The Morgan fingerprint density at radius 2 is 1.26 bits per heavy atom. The summed E-state index contributed by atoms with van der Waals surface area (Å²) in [5.74, 6) is 3.07. The quantitative estimate of drug-likeness (QED) is 0.740. The molecule has 4 aliphatic carbocycles. The average Bonchev–Trinajstić information content (AvgIpc) is 2.35. The monoisotopic (exact) mass is 267 g/mol. The van der Waals surface area contributed by atoms with Gasteiger partial charge in [0.25, 0.3) is 0 Å². The van der Waals surface area contributed by atoms with E-state index in [0.717, 1.165) is 24.3 Å². The van der Waals surface area contributed by atoms with Gasteiger partial charge in [-0.2, -0.15) is 0 Å². The third-order valence-electron chi connectivity index (χ3n) is 5.96. The normalized spacial score (nSPS) is 40.3. The predicted octanol–water partition coefficient (Wildman–Crippen LogP) is 1.88. The second kappa shape index (κ2) is 5.71. The Morgan fingerprint density at radius 3 is 1.68 bits per heavy atom. The van der Waals surface area contributed by atoms with Crippen molar-refractivity contribution in [2.24, 2.45) is 23.2 Å². The third-order valence-corrected chi connectivity index (χ3v) is 5.96. The molecule has 4 fully saturated rings. The van der Waals surface area contributed by atoms with E-state index in [0.29, 0.717) is 18.5 Å². The molecule has 3 nitrogen and oxygen atoms in total. The highest BCUT2D eigenvalue weighted by Gasteiger charge is 2.50. The van der Waals surface area contributed by atoms with Crippen LogP contribution in [0, 0.1) is 23.2 Å². The van der Waals surface area contributed by atoms with Gasteiger partial charge in [-0.05, 0) is 74.7 Å². The maximum atomic E-state index is 9.10. The molecule has 0 spiro atoms. The van der Waals surface area contributed by atoms with Crippen molar-refractivity contribution in [2.75, 3.05) is 32.8 Å². The molecule has 0 saturated heterocycles. The Bertz CT molecular complexity index is 264. The first kappa shape index (κ1) is 13.8. The lowest BCUT2D eigenvalue weighted by Gasteiger charge is -2.57. The van der Waals surface area contributed by atoms with Crippen LogP contribution in [0.1, 0.15) is 44.9 Å². The fourth-order valence-electron chi connectivity index (χ4n) is 5.61. The highest BCUT2D eigenvalue weighted by molar-refractivity contribution is 5.01. The van der Waals surface area contributed by atoms with E-state index in [-0.39, 0.29) is 13.2 Å². The fraction of sp³-hybridized carbons (Fsp3) is 1.00. The Morgan fingerprint density at radius 1 is 0.789 bits per heavy atom. The van der Waals surface area contributed by atoms with Crippen molar-refractivity contribution < 1.29 is 10.2 Å². The largest absolute Gasteiger partial charge is 0.395 e. The molecular weight excluding hydrogens is 238 g/mol. The first-order valence-electron chi connectivity index (χ1n) is 8.17. The summed E-state index contributed by atoms with van der Waals surface area (Å²) in [6.45, 7) is 2.91. The first-order valence-corrected chi connectivity index (χ1v) is 8.17. The molecule has 19 heavy (non-hydrogen) atoms. The maximum Gasteiger partial charge on any atom is 0.0558 e. The Hall–Kier alpha value is -0.120. The van der Waals surface area contributed by atoms with Crippen LogP contribution >= 0.6 is 0 Å². The van der Waals surface area contributed by atoms with Crippen molar-refractivity contribution in [3.05, 3.63) is 0 Å². The number of hydrogen-bond donors (Lipinski definition) is 2. The van der Waals surface area contributed by atoms with Gasteiger partial charge in [0.2, 0.25) is 0 Å². The molecule has 0 heterocycles. The summed E-state index contributed by atoms with van der Waals surface area (Å²) in [5, 5.41) is 18.2. The summed E-state index contributed by atoms with van der Waals surface area (Å²) < 4.78 is 0. The van der Waals surface area contributed by atoms with Gasteiger partial charge in [-0.1, -0.05) is 0 Å². The van der Waals surface area contributed by atoms with Crippen molar-refractivity contribution in [1.29, 1.82) is 0 Å². The molecule has 110 valence electrons. The van der Waals surface area contributed by atoms with Crippen LogP contribution in [0.5, 0.6) is 0 Å². The van der Waals surface area contributed by atoms with E-state index >= 15 is 0 Å². The molecular formula is C16H29NO2. The van der Waals surface area contributed by atoms with E-state index in [1.807, 2.05) is 0 Å². The number of rotatable bonds is 7. The zero-order chi connectivity index (χ0) is 13.3. The van der Waals surface area contributed by atoms with E-state index in [4.69, 9.17) is 10.2 Å². The molecule has 4 rings (SSSR count). The van der Waals surface area contributed by atoms with E-state index < -0.39 is 0 Å². The van der Waals surface area contributed by atoms with Crippen molar-refractivity contribution in [1.82, 2.24) is 4.90 Å². The van der Waals surface area contributed by atoms with E-state index in [1.165, 1.54) is 44.9 Å². The fourth-order valence-corrected chi connectivity index (χ4v) is 5.61. The lowest BCUT2D eigenvalue weighted by molar-refractivity contribution is -0.0616. The lowest BCUT2D eigenvalue weighted by atomic mass is 9.49. The van der Waals surface area contributed by atoms with Crippen LogP contribution in [0.25, 0.3) is 0 Å². The second-order valence-corrected chi connectivity index (χ2v) is 7.46. The molecule has 2 N–H and O–H groups in total. The molecule has 0 atom stereocenters. The smallest absolute Gasteiger partial charge is 0.0558 e. The van der Waals surface area contributed by atoms with Crippen LogP contribution in [0.2, 0.25) is 0 Å². The van der Waals surface area contributed by atoms with Crippen LogP contribution in [-0.4, -0.2) is 48.0 Å². The summed E-state index contributed by atoms with van der Waals surface area (Å²) in [5.41, 5.74) is 0.623. The standard InChI is InChI=1S/C16H29NO2/c18-5-3-17(4-6-19)2-1-16-10-13-7-14(11-16)9-15(8-13)12-16/h13-15,18-19H,1-12H2. The average molecular weight is 267 g/mol. The van der Waals surface area contributed by atoms with Crippen molar-refractivity contribution >= 4 is 0 Å². The van der Waals surface area contributed by atoms with Gasteiger partial charge < -0.3 is 10.2 Å². The molecule has 0 aromatic heterocycles. The number of aliphatic hydroxyl groups is 2. The van der Waals surface area contributed by atoms with E-state index in [1.54, 1.807) is 0 Å². The highest BCUT2D eigenvalue weighted by atomic mass is 16.3. The second-order valence-electron chi connectivity index (χ2n) is 7.46. The SMILES string of the molecule is OCCN(CCO)CCC12CC3CC(CC(C3)C1)C2. The molecule has 0 amide bonds. The van der Waals surface area contributed by atoms with Crippen LogP contribution in [0.15, 0.2) is 0 Å². The van der Waals surface area contributed by atoms with Crippen molar-refractivity contribution in [3.8, 4) is 0 Å². The van der Waals surface area contributed by atoms with Crippen LogP contribution in [0.3, 0.4) is 0 Å². The molecule has 0 aromatic rings. The molecule has 4 bridgehead atoms. The van der Waals surface area contributed by atoms with Gasteiger partial charge in [0.1, 0.15) is 0 Å². The van der Waals surface area contributed by atoms with Crippen LogP contribution in [-0.2, 0) is 0 Å². The summed E-state index contributed by atoms with van der Waals surface area (Å²) >= 11 is 0. The zero-order valence-electron chi connectivity index (χ0n) is 12.1. The van der Waals surface area contributed by atoms with E-state index in [9.17, 15) is 0 Å². The molecule has 4 saturated carbocycles. The molecule has 3 heteroatoms. The number of nitrogens with zero attached hydrogens (tertiary/aromatic N) is 1. The summed E-state index contributed by atoms with van der Waals surface area (Å²) in [7, 11) is 0.